The first-order valence-electron chi connectivity index (χ1n) is 5.69. The van der Waals surface area contributed by atoms with E-state index in [1.54, 1.807) is 6.20 Å². The van der Waals surface area contributed by atoms with Gasteiger partial charge in [0, 0.05) is 37.5 Å². The van der Waals surface area contributed by atoms with E-state index in [1.165, 1.54) is 0 Å². The molecule has 0 aliphatic rings. The second kappa shape index (κ2) is 5.50. The number of aryl methyl sites for hydroxylation is 1. The van der Waals surface area contributed by atoms with Crippen LogP contribution in [0, 0.1) is 0 Å². The third-order valence-corrected chi connectivity index (χ3v) is 2.73. The van der Waals surface area contributed by atoms with Gasteiger partial charge in [0.25, 0.3) is 0 Å². The summed E-state index contributed by atoms with van der Waals surface area (Å²) >= 11 is 0. The number of para-hydroxylation sites is 1. The Balaban J connectivity index is 1.92. The van der Waals surface area contributed by atoms with E-state index >= 15 is 0 Å². The van der Waals surface area contributed by atoms with Gasteiger partial charge in [0.15, 0.2) is 0 Å². The van der Waals surface area contributed by atoms with Crippen molar-refractivity contribution in [3.8, 4) is 5.75 Å². The van der Waals surface area contributed by atoms with Gasteiger partial charge in [-0.3, -0.25) is 4.68 Å². The summed E-state index contributed by atoms with van der Waals surface area (Å²) in [6.45, 7) is 1.14. The molecule has 0 amide bonds. The third-order valence-electron chi connectivity index (χ3n) is 2.73. The zero-order valence-electron chi connectivity index (χ0n) is 9.97. The number of ether oxygens (including phenoxy) is 1. The molecule has 0 saturated carbocycles. The topological polar surface area (TPSA) is 53.1 Å². The van der Waals surface area contributed by atoms with Gasteiger partial charge in [0.05, 0.1) is 6.61 Å². The van der Waals surface area contributed by atoms with Crippen LogP contribution in [-0.2, 0) is 20.0 Å². The van der Waals surface area contributed by atoms with Gasteiger partial charge < -0.3 is 10.5 Å². The Bertz CT molecular complexity index is 479. The van der Waals surface area contributed by atoms with E-state index in [2.05, 4.69) is 5.10 Å². The Morgan fingerprint density at radius 3 is 2.82 bits per heavy atom. The Morgan fingerprint density at radius 2 is 2.12 bits per heavy atom. The molecule has 0 bridgehead atoms. The monoisotopic (exact) mass is 231 g/mol. The van der Waals surface area contributed by atoms with Gasteiger partial charge in [-0.25, -0.2) is 0 Å². The van der Waals surface area contributed by atoms with Crippen molar-refractivity contribution in [2.45, 2.75) is 13.0 Å². The summed E-state index contributed by atoms with van der Waals surface area (Å²) in [5, 5.41) is 4.12. The minimum Gasteiger partial charge on any atom is -0.493 e. The van der Waals surface area contributed by atoms with Crippen molar-refractivity contribution in [1.82, 2.24) is 9.78 Å². The molecule has 90 valence electrons. The van der Waals surface area contributed by atoms with Gasteiger partial charge in [-0.15, -0.1) is 0 Å². The van der Waals surface area contributed by atoms with E-state index in [0.29, 0.717) is 13.2 Å². The Kier molecular flexibility index (Phi) is 3.77. The zero-order valence-corrected chi connectivity index (χ0v) is 9.97. The van der Waals surface area contributed by atoms with E-state index in [4.69, 9.17) is 10.5 Å². The highest BCUT2D eigenvalue weighted by molar-refractivity contribution is 5.33. The van der Waals surface area contributed by atoms with Crippen LogP contribution in [0.15, 0.2) is 36.5 Å². The van der Waals surface area contributed by atoms with Crippen molar-refractivity contribution in [1.29, 1.82) is 0 Å². The Morgan fingerprint density at radius 1 is 1.29 bits per heavy atom. The van der Waals surface area contributed by atoms with Crippen LogP contribution in [0.5, 0.6) is 5.75 Å². The number of rotatable bonds is 5. The maximum Gasteiger partial charge on any atom is 0.123 e. The highest BCUT2D eigenvalue weighted by atomic mass is 16.5. The molecule has 1 heterocycles. The van der Waals surface area contributed by atoms with E-state index in [1.807, 2.05) is 42.1 Å². The van der Waals surface area contributed by atoms with Crippen molar-refractivity contribution in [2.75, 3.05) is 6.61 Å². The largest absolute Gasteiger partial charge is 0.493 e. The molecule has 0 atom stereocenters. The van der Waals surface area contributed by atoms with Crippen LogP contribution in [-0.4, -0.2) is 16.4 Å². The highest BCUT2D eigenvalue weighted by Gasteiger charge is 2.02. The molecule has 17 heavy (non-hydrogen) atoms. The Labute approximate surface area is 101 Å². The highest BCUT2D eigenvalue weighted by Crippen LogP contribution is 2.17. The van der Waals surface area contributed by atoms with E-state index < -0.39 is 0 Å². The average Bonchev–Trinajstić information content (AvgIpc) is 2.76. The number of aromatic nitrogens is 2. The van der Waals surface area contributed by atoms with Crippen LogP contribution in [0.2, 0.25) is 0 Å². The molecular weight excluding hydrogens is 214 g/mol. The van der Waals surface area contributed by atoms with Crippen LogP contribution in [0.1, 0.15) is 11.3 Å². The predicted octanol–water partition coefficient (Wildman–Crippen LogP) is 1.50. The van der Waals surface area contributed by atoms with Gasteiger partial charge in [-0.05, 0) is 12.1 Å². The lowest BCUT2D eigenvalue weighted by Crippen LogP contribution is -2.08. The molecule has 0 unspecified atom stereocenters. The molecular formula is C13H17N3O. The molecule has 4 nitrogen and oxygen atoms in total. The quantitative estimate of drug-likeness (QED) is 0.848. The van der Waals surface area contributed by atoms with E-state index in [9.17, 15) is 0 Å². The summed E-state index contributed by atoms with van der Waals surface area (Å²) in [6, 6.07) is 9.86. The third kappa shape index (κ3) is 2.85. The van der Waals surface area contributed by atoms with Crippen LogP contribution >= 0.6 is 0 Å². The maximum absolute atomic E-state index is 5.74. The fourth-order valence-corrected chi connectivity index (χ4v) is 1.73. The van der Waals surface area contributed by atoms with Crippen molar-refractivity contribution < 1.29 is 4.74 Å². The molecule has 1 aromatic carbocycles. The second-order valence-corrected chi connectivity index (χ2v) is 3.86. The molecule has 0 spiro atoms. The smallest absolute Gasteiger partial charge is 0.123 e. The number of benzene rings is 1. The van der Waals surface area contributed by atoms with Gasteiger partial charge in [0.1, 0.15) is 5.75 Å². The molecule has 1 aromatic heterocycles. The first kappa shape index (κ1) is 11.7. The van der Waals surface area contributed by atoms with Crippen LogP contribution in [0.4, 0.5) is 0 Å². The molecule has 0 saturated heterocycles. The van der Waals surface area contributed by atoms with Gasteiger partial charge >= 0.3 is 0 Å². The number of nitrogens with two attached hydrogens (primary N) is 1. The predicted molar refractivity (Wildman–Crippen MR) is 66.7 cm³/mol. The second-order valence-electron chi connectivity index (χ2n) is 3.86. The maximum atomic E-state index is 5.74. The van der Waals surface area contributed by atoms with Crippen molar-refractivity contribution in [3.63, 3.8) is 0 Å². The first-order valence-corrected chi connectivity index (χ1v) is 5.69. The van der Waals surface area contributed by atoms with Gasteiger partial charge in [-0.2, -0.15) is 5.10 Å². The lowest BCUT2D eigenvalue weighted by molar-refractivity contribution is 0.315. The summed E-state index contributed by atoms with van der Waals surface area (Å²) in [5.74, 6) is 0.872. The standard InChI is InChI=1S/C13H17N3O/c1-16-12(6-8-15-16)7-9-17-13-5-3-2-4-11(13)10-14/h2-6,8H,7,9-10,14H2,1H3. The van der Waals surface area contributed by atoms with Crippen LogP contribution < -0.4 is 10.5 Å². The van der Waals surface area contributed by atoms with Gasteiger partial charge in [-0.1, -0.05) is 18.2 Å². The number of hydrogen-bond acceptors (Lipinski definition) is 3. The number of nitrogens with zero attached hydrogens (tertiary/aromatic N) is 2. The minimum atomic E-state index is 0.502. The van der Waals surface area contributed by atoms with E-state index in [-0.39, 0.29) is 0 Å². The summed E-state index contributed by atoms with van der Waals surface area (Å²) < 4.78 is 7.59. The molecule has 0 aliphatic carbocycles. The molecule has 2 rings (SSSR count). The lowest BCUT2D eigenvalue weighted by Gasteiger charge is -2.10. The summed E-state index contributed by atoms with van der Waals surface area (Å²) in [4.78, 5) is 0. The van der Waals surface area contributed by atoms with Gasteiger partial charge in [0.2, 0.25) is 0 Å². The van der Waals surface area contributed by atoms with Crippen molar-refractivity contribution in [3.05, 3.63) is 47.8 Å². The summed E-state index contributed by atoms with van der Waals surface area (Å²) in [6.07, 6.45) is 2.64. The van der Waals surface area contributed by atoms with Crippen LogP contribution in [0.3, 0.4) is 0 Å². The average molecular weight is 231 g/mol. The molecule has 0 radical (unpaired) electrons. The summed E-state index contributed by atoms with van der Waals surface area (Å²) in [5.41, 5.74) is 7.85. The molecule has 0 fully saturated rings. The van der Waals surface area contributed by atoms with Crippen LogP contribution in [0.25, 0.3) is 0 Å². The first-order chi connectivity index (χ1) is 8.31. The summed E-state index contributed by atoms with van der Waals surface area (Å²) in [7, 11) is 1.93. The minimum absolute atomic E-state index is 0.502. The van der Waals surface area contributed by atoms with Crippen molar-refractivity contribution in [2.24, 2.45) is 12.8 Å². The van der Waals surface area contributed by atoms with Crippen molar-refractivity contribution >= 4 is 0 Å². The fraction of sp³-hybridized carbons (Fsp3) is 0.308. The normalized spacial score (nSPS) is 10.5. The molecule has 2 N–H and O–H groups in total. The number of hydrogen-bond donors (Lipinski definition) is 1. The lowest BCUT2D eigenvalue weighted by atomic mass is 10.2. The molecule has 2 aromatic rings. The molecule has 0 aliphatic heterocycles. The molecule has 4 heteroatoms. The van der Waals surface area contributed by atoms with E-state index in [0.717, 1.165) is 23.4 Å². The Hall–Kier alpha value is -1.81. The SMILES string of the molecule is Cn1nccc1CCOc1ccccc1CN. The zero-order chi connectivity index (χ0) is 12.1. The fourth-order valence-electron chi connectivity index (χ4n) is 1.73.